The van der Waals surface area contributed by atoms with Crippen LogP contribution >= 0.6 is 0 Å². The molecule has 0 amide bonds. The molecule has 0 aromatic carbocycles. The first kappa shape index (κ1) is 13.3. The van der Waals surface area contributed by atoms with Gasteiger partial charge >= 0.3 is 0 Å². The Morgan fingerprint density at radius 1 is 1.39 bits per heavy atom. The minimum absolute atomic E-state index is 0.751. The van der Waals surface area contributed by atoms with Crippen molar-refractivity contribution in [2.45, 2.75) is 33.1 Å². The normalized spacial score (nSPS) is 23.8. The maximum Gasteiger partial charge on any atom is 0.0416 e. The fraction of sp³-hybridized carbons (Fsp3) is 0.562. The molecule has 2 nitrogen and oxygen atoms in total. The van der Waals surface area contributed by atoms with Gasteiger partial charge in [0.05, 0.1) is 0 Å². The van der Waals surface area contributed by atoms with Crippen molar-refractivity contribution in [2.24, 2.45) is 11.8 Å². The van der Waals surface area contributed by atoms with Gasteiger partial charge in [-0.25, -0.2) is 0 Å². The van der Waals surface area contributed by atoms with E-state index in [2.05, 4.69) is 42.4 Å². The zero-order valence-electron chi connectivity index (χ0n) is 11.5. The van der Waals surface area contributed by atoms with E-state index < -0.39 is 0 Å². The lowest BCUT2D eigenvalue weighted by atomic mass is 9.84. The molecule has 0 saturated carbocycles. The summed E-state index contributed by atoms with van der Waals surface area (Å²) in [7, 11) is 0. The first-order chi connectivity index (χ1) is 8.74. The molecule has 1 aromatic heterocycles. The molecule has 0 bridgehead atoms. The number of pyridine rings is 1. The second-order valence-corrected chi connectivity index (χ2v) is 5.57. The maximum absolute atomic E-state index is 4.34. The van der Waals surface area contributed by atoms with Crippen molar-refractivity contribution < 1.29 is 0 Å². The van der Waals surface area contributed by atoms with E-state index in [9.17, 15) is 0 Å². The summed E-state index contributed by atoms with van der Waals surface area (Å²) in [6.45, 7) is 6.76. The third-order valence-electron chi connectivity index (χ3n) is 3.60. The van der Waals surface area contributed by atoms with Gasteiger partial charge in [0, 0.05) is 24.9 Å². The Hall–Kier alpha value is -1.15. The monoisotopic (exact) mass is 244 g/mol. The molecule has 0 spiro atoms. The van der Waals surface area contributed by atoms with Crippen molar-refractivity contribution in [1.82, 2.24) is 10.3 Å². The van der Waals surface area contributed by atoms with Gasteiger partial charge in [-0.3, -0.25) is 4.98 Å². The largest absolute Gasteiger partial charge is 0.316 e. The van der Waals surface area contributed by atoms with Gasteiger partial charge in [0.15, 0.2) is 0 Å². The van der Waals surface area contributed by atoms with E-state index in [1.807, 2.05) is 12.3 Å². The Kier molecular flexibility index (Phi) is 4.94. The molecule has 1 aliphatic carbocycles. The second-order valence-electron chi connectivity index (χ2n) is 5.57. The SMILES string of the molecule is CC1=CC(C)CC(CNCCc2ccccn2)C1. The van der Waals surface area contributed by atoms with Gasteiger partial charge in [0.2, 0.25) is 0 Å². The second kappa shape index (κ2) is 6.69. The van der Waals surface area contributed by atoms with Crippen molar-refractivity contribution in [3.8, 4) is 0 Å². The third-order valence-corrected chi connectivity index (χ3v) is 3.60. The van der Waals surface area contributed by atoms with Gasteiger partial charge in [0.25, 0.3) is 0 Å². The Morgan fingerprint density at radius 2 is 2.28 bits per heavy atom. The van der Waals surface area contributed by atoms with Gasteiger partial charge in [-0.1, -0.05) is 24.6 Å². The zero-order chi connectivity index (χ0) is 12.8. The van der Waals surface area contributed by atoms with Gasteiger partial charge in [-0.2, -0.15) is 0 Å². The van der Waals surface area contributed by atoms with Crippen LogP contribution in [0.1, 0.15) is 32.4 Å². The van der Waals surface area contributed by atoms with Crippen LogP contribution in [0.4, 0.5) is 0 Å². The topological polar surface area (TPSA) is 24.9 Å². The van der Waals surface area contributed by atoms with E-state index in [4.69, 9.17) is 0 Å². The molecule has 1 heterocycles. The van der Waals surface area contributed by atoms with Crippen molar-refractivity contribution in [3.63, 3.8) is 0 Å². The number of aromatic nitrogens is 1. The standard InChI is InChI=1S/C16H24N2/c1-13-9-14(2)11-15(10-13)12-17-8-6-16-5-3-4-7-18-16/h3-5,7,9,13,15,17H,6,8,10-12H2,1-2H3. The van der Waals surface area contributed by atoms with Crippen LogP contribution in [-0.2, 0) is 6.42 Å². The maximum atomic E-state index is 4.34. The molecule has 2 unspecified atom stereocenters. The van der Waals surface area contributed by atoms with Crippen LogP contribution in [0.15, 0.2) is 36.0 Å². The quantitative estimate of drug-likeness (QED) is 0.635. The summed E-state index contributed by atoms with van der Waals surface area (Å²) >= 11 is 0. The smallest absolute Gasteiger partial charge is 0.0416 e. The molecule has 0 fully saturated rings. The predicted molar refractivity (Wildman–Crippen MR) is 76.5 cm³/mol. The summed E-state index contributed by atoms with van der Waals surface area (Å²) in [6.07, 6.45) is 7.91. The highest BCUT2D eigenvalue weighted by Gasteiger charge is 2.17. The lowest BCUT2D eigenvalue weighted by Gasteiger charge is -2.25. The summed E-state index contributed by atoms with van der Waals surface area (Å²) in [5.41, 5.74) is 2.74. The van der Waals surface area contributed by atoms with Crippen molar-refractivity contribution in [1.29, 1.82) is 0 Å². The van der Waals surface area contributed by atoms with Gasteiger partial charge in [-0.15, -0.1) is 0 Å². The molecule has 2 heteroatoms. The van der Waals surface area contributed by atoms with Crippen LogP contribution in [0.2, 0.25) is 0 Å². The van der Waals surface area contributed by atoms with E-state index in [1.165, 1.54) is 18.5 Å². The summed E-state index contributed by atoms with van der Waals surface area (Å²) in [5, 5.41) is 3.58. The first-order valence-electron chi connectivity index (χ1n) is 7.02. The molecule has 1 N–H and O–H groups in total. The average Bonchev–Trinajstić information content (AvgIpc) is 2.35. The Morgan fingerprint density at radius 3 is 3.00 bits per heavy atom. The van der Waals surface area contributed by atoms with Gasteiger partial charge in [-0.05, 0) is 50.3 Å². The van der Waals surface area contributed by atoms with Crippen LogP contribution in [-0.4, -0.2) is 18.1 Å². The Labute approximate surface area is 111 Å². The van der Waals surface area contributed by atoms with Crippen LogP contribution in [0.3, 0.4) is 0 Å². The Balaban J connectivity index is 1.66. The van der Waals surface area contributed by atoms with E-state index >= 15 is 0 Å². The fourth-order valence-corrected chi connectivity index (χ4v) is 2.91. The highest BCUT2D eigenvalue weighted by molar-refractivity contribution is 5.06. The highest BCUT2D eigenvalue weighted by Crippen LogP contribution is 2.27. The molecule has 2 rings (SSSR count). The van der Waals surface area contributed by atoms with Crippen LogP contribution in [0, 0.1) is 11.8 Å². The fourth-order valence-electron chi connectivity index (χ4n) is 2.91. The molecule has 1 aliphatic rings. The van der Waals surface area contributed by atoms with Gasteiger partial charge < -0.3 is 5.32 Å². The summed E-state index contributed by atoms with van der Waals surface area (Å²) in [5.74, 6) is 1.56. The minimum atomic E-state index is 0.751. The molecule has 0 saturated heterocycles. The number of allylic oxidation sites excluding steroid dienone is 2. The minimum Gasteiger partial charge on any atom is -0.316 e. The van der Waals surface area contributed by atoms with E-state index in [0.717, 1.165) is 31.3 Å². The summed E-state index contributed by atoms with van der Waals surface area (Å²) in [4.78, 5) is 4.34. The summed E-state index contributed by atoms with van der Waals surface area (Å²) < 4.78 is 0. The lowest BCUT2D eigenvalue weighted by molar-refractivity contribution is 0.382. The molecule has 0 aliphatic heterocycles. The van der Waals surface area contributed by atoms with Crippen molar-refractivity contribution in [2.75, 3.05) is 13.1 Å². The molecule has 1 aromatic rings. The third kappa shape index (κ3) is 4.26. The number of rotatable bonds is 5. The van der Waals surface area contributed by atoms with E-state index in [0.29, 0.717) is 0 Å². The molecule has 0 radical (unpaired) electrons. The predicted octanol–water partition coefficient (Wildman–Crippen LogP) is 3.21. The number of hydrogen-bond donors (Lipinski definition) is 1. The van der Waals surface area contributed by atoms with Crippen LogP contribution < -0.4 is 5.32 Å². The number of hydrogen-bond acceptors (Lipinski definition) is 2. The number of nitrogens with one attached hydrogen (secondary N) is 1. The summed E-state index contributed by atoms with van der Waals surface area (Å²) in [6, 6.07) is 6.12. The van der Waals surface area contributed by atoms with Crippen LogP contribution in [0.25, 0.3) is 0 Å². The molecule has 98 valence electrons. The molecule has 18 heavy (non-hydrogen) atoms. The molecular formula is C16H24N2. The Bertz CT molecular complexity index is 383. The van der Waals surface area contributed by atoms with Crippen molar-refractivity contribution >= 4 is 0 Å². The van der Waals surface area contributed by atoms with Crippen molar-refractivity contribution in [3.05, 3.63) is 41.7 Å². The first-order valence-corrected chi connectivity index (χ1v) is 7.02. The van der Waals surface area contributed by atoms with Gasteiger partial charge in [0.1, 0.15) is 0 Å². The van der Waals surface area contributed by atoms with E-state index in [-0.39, 0.29) is 0 Å². The highest BCUT2D eigenvalue weighted by atomic mass is 14.9. The van der Waals surface area contributed by atoms with Crippen LogP contribution in [0.5, 0.6) is 0 Å². The molecular weight excluding hydrogens is 220 g/mol. The van der Waals surface area contributed by atoms with E-state index in [1.54, 1.807) is 5.57 Å². The lowest BCUT2D eigenvalue weighted by Crippen LogP contribution is -2.27. The zero-order valence-corrected chi connectivity index (χ0v) is 11.5. The average molecular weight is 244 g/mol. The molecule has 2 atom stereocenters. The number of nitrogens with zero attached hydrogens (tertiary/aromatic N) is 1.